The Morgan fingerprint density at radius 1 is 1.25 bits per heavy atom. The number of benzene rings is 1. The number of aromatic nitrogens is 2. The van der Waals surface area contributed by atoms with Crippen molar-refractivity contribution in [1.82, 2.24) is 9.97 Å². The van der Waals surface area contributed by atoms with E-state index in [1.54, 1.807) is 6.20 Å². The van der Waals surface area contributed by atoms with E-state index >= 15 is 0 Å². The third-order valence-electron chi connectivity index (χ3n) is 1.95. The quantitative estimate of drug-likeness (QED) is 0.480. The first-order chi connectivity index (χ1) is 7.77. The fourth-order valence-corrected chi connectivity index (χ4v) is 2.12. The van der Waals surface area contributed by atoms with Crippen LogP contribution >= 0.6 is 11.8 Å². The predicted molar refractivity (Wildman–Crippen MR) is 63.6 cm³/mol. The number of hydrogen-bond acceptors (Lipinski definition) is 4. The second-order valence-electron chi connectivity index (χ2n) is 3.06. The summed E-state index contributed by atoms with van der Waals surface area (Å²) in [5.74, 6) is 0.0668. The fraction of sp³-hybridized carbons (Fsp3) is 0. The molecule has 1 aromatic heterocycles. The molecule has 0 radical (unpaired) electrons. The van der Waals surface area contributed by atoms with E-state index in [4.69, 9.17) is 11.1 Å². The van der Waals surface area contributed by atoms with Crippen LogP contribution in [0.15, 0.2) is 52.8 Å². The van der Waals surface area contributed by atoms with Gasteiger partial charge in [-0.3, -0.25) is 5.41 Å². The summed E-state index contributed by atoms with van der Waals surface area (Å²) in [6.07, 6.45) is 3.18. The highest BCUT2D eigenvalue weighted by molar-refractivity contribution is 7.99. The van der Waals surface area contributed by atoms with Gasteiger partial charge in [-0.1, -0.05) is 30.0 Å². The second kappa shape index (κ2) is 4.76. The van der Waals surface area contributed by atoms with Crippen molar-refractivity contribution in [2.45, 2.75) is 9.92 Å². The molecule has 0 aliphatic carbocycles. The van der Waals surface area contributed by atoms with E-state index in [0.717, 1.165) is 15.5 Å². The van der Waals surface area contributed by atoms with Gasteiger partial charge < -0.3 is 5.73 Å². The molecule has 2 aromatic rings. The van der Waals surface area contributed by atoms with E-state index in [9.17, 15) is 0 Å². The van der Waals surface area contributed by atoms with Gasteiger partial charge in [0.25, 0.3) is 0 Å². The minimum Gasteiger partial charge on any atom is -0.384 e. The molecule has 1 aromatic carbocycles. The molecule has 0 bridgehead atoms. The number of nitrogens with one attached hydrogen (secondary N) is 1. The summed E-state index contributed by atoms with van der Waals surface area (Å²) < 4.78 is 0. The van der Waals surface area contributed by atoms with Crippen LogP contribution < -0.4 is 5.73 Å². The summed E-state index contributed by atoms with van der Waals surface area (Å²) in [5.41, 5.74) is 6.23. The van der Waals surface area contributed by atoms with E-state index in [2.05, 4.69) is 9.97 Å². The van der Waals surface area contributed by atoms with Crippen molar-refractivity contribution in [1.29, 1.82) is 5.41 Å². The molecule has 1 heterocycles. The first-order valence-electron chi connectivity index (χ1n) is 4.64. The van der Waals surface area contributed by atoms with Gasteiger partial charge in [0.15, 0.2) is 0 Å². The zero-order valence-electron chi connectivity index (χ0n) is 8.42. The van der Waals surface area contributed by atoms with Crippen molar-refractivity contribution in [2.24, 2.45) is 5.73 Å². The van der Waals surface area contributed by atoms with Crippen LogP contribution in [-0.2, 0) is 0 Å². The number of nitrogens with two attached hydrogens (primary N) is 1. The lowest BCUT2D eigenvalue weighted by molar-refractivity contribution is 1.05. The molecule has 0 amide bonds. The molecule has 0 spiro atoms. The Bertz CT molecular complexity index is 498. The maximum atomic E-state index is 7.47. The Morgan fingerprint density at radius 3 is 2.75 bits per heavy atom. The molecule has 2 rings (SSSR count). The van der Waals surface area contributed by atoms with E-state index in [1.165, 1.54) is 18.1 Å². The number of hydrogen-bond donors (Lipinski definition) is 2. The van der Waals surface area contributed by atoms with Crippen molar-refractivity contribution in [3.05, 3.63) is 48.4 Å². The lowest BCUT2D eigenvalue weighted by Gasteiger charge is -2.06. The van der Waals surface area contributed by atoms with Gasteiger partial charge in [0, 0.05) is 16.7 Å². The number of amidine groups is 1. The van der Waals surface area contributed by atoms with Gasteiger partial charge in [-0.05, 0) is 12.1 Å². The molecular weight excluding hydrogens is 220 g/mol. The Balaban J connectivity index is 2.31. The van der Waals surface area contributed by atoms with Crippen LogP contribution in [0.1, 0.15) is 5.56 Å². The normalized spacial score (nSPS) is 10.0. The Labute approximate surface area is 97.4 Å². The van der Waals surface area contributed by atoms with Gasteiger partial charge >= 0.3 is 0 Å². The van der Waals surface area contributed by atoms with E-state index in [-0.39, 0.29) is 5.84 Å². The Morgan fingerprint density at radius 2 is 2.06 bits per heavy atom. The van der Waals surface area contributed by atoms with Crippen LogP contribution in [-0.4, -0.2) is 15.8 Å². The van der Waals surface area contributed by atoms with Gasteiger partial charge in [-0.25, -0.2) is 9.97 Å². The van der Waals surface area contributed by atoms with Crippen molar-refractivity contribution in [2.75, 3.05) is 0 Å². The largest absolute Gasteiger partial charge is 0.384 e. The van der Waals surface area contributed by atoms with Crippen LogP contribution in [0.4, 0.5) is 0 Å². The number of nitrogen functional groups attached to an aromatic ring is 1. The van der Waals surface area contributed by atoms with Crippen LogP contribution in [0, 0.1) is 5.41 Å². The SMILES string of the molecule is N=C(N)c1ccccc1Sc1ccncn1. The van der Waals surface area contributed by atoms with Crippen LogP contribution in [0.3, 0.4) is 0 Å². The summed E-state index contributed by atoms with van der Waals surface area (Å²) in [6, 6.07) is 9.34. The van der Waals surface area contributed by atoms with Gasteiger partial charge in [-0.15, -0.1) is 0 Å². The first kappa shape index (κ1) is 10.6. The molecule has 0 saturated heterocycles. The molecule has 3 N–H and O–H groups in total. The summed E-state index contributed by atoms with van der Waals surface area (Å²) in [6.45, 7) is 0. The third kappa shape index (κ3) is 2.38. The average molecular weight is 230 g/mol. The van der Waals surface area contributed by atoms with Gasteiger partial charge in [0.2, 0.25) is 0 Å². The Kier molecular flexibility index (Phi) is 3.16. The molecule has 80 valence electrons. The summed E-state index contributed by atoms with van der Waals surface area (Å²) in [5, 5.41) is 8.31. The molecule has 0 atom stereocenters. The Hall–Kier alpha value is -1.88. The van der Waals surface area contributed by atoms with Crippen molar-refractivity contribution in [3.63, 3.8) is 0 Å². The van der Waals surface area contributed by atoms with Gasteiger partial charge in [0.1, 0.15) is 17.2 Å². The van der Waals surface area contributed by atoms with Crippen LogP contribution in [0.2, 0.25) is 0 Å². The fourth-order valence-electron chi connectivity index (χ4n) is 1.23. The first-order valence-corrected chi connectivity index (χ1v) is 5.46. The van der Waals surface area contributed by atoms with E-state index < -0.39 is 0 Å². The number of rotatable bonds is 3. The minimum atomic E-state index is 0.0668. The van der Waals surface area contributed by atoms with Gasteiger partial charge in [-0.2, -0.15) is 0 Å². The topological polar surface area (TPSA) is 75.7 Å². The molecule has 0 fully saturated rings. The summed E-state index contributed by atoms with van der Waals surface area (Å²) in [4.78, 5) is 8.89. The zero-order valence-corrected chi connectivity index (χ0v) is 9.24. The molecule has 16 heavy (non-hydrogen) atoms. The molecule has 4 nitrogen and oxygen atoms in total. The minimum absolute atomic E-state index is 0.0668. The third-order valence-corrected chi connectivity index (χ3v) is 2.97. The van der Waals surface area contributed by atoms with Crippen LogP contribution in [0.25, 0.3) is 0 Å². The molecular formula is C11H10N4S. The lowest BCUT2D eigenvalue weighted by Crippen LogP contribution is -2.11. The van der Waals surface area contributed by atoms with Crippen molar-refractivity contribution < 1.29 is 0 Å². The highest BCUT2D eigenvalue weighted by atomic mass is 32.2. The van der Waals surface area contributed by atoms with Crippen molar-refractivity contribution in [3.8, 4) is 0 Å². The zero-order chi connectivity index (χ0) is 11.4. The summed E-state index contributed by atoms with van der Waals surface area (Å²) in [7, 11) is 0. The monoisotopic (exact) mass is 230 g/mol. The van der Waals surface area contributed by atoms with Crippen LogP contribution in [0.5, 0.6) is 0 Å². The van der Waals surface area contributed by atoms with Gasteiger partial charge in [0.05, 0.1) is 0 Å². The number of nitrogens with zero attached hydrogens (tertiary/aromatic N) is 2. The molecule has 0 saturated carbocycles. The molecule has 0 aliphatic rings. The smallest absolute Gasteiger partial charge is 0.123 e. The molecule has 0 aliphatic heterocycles. The summed E-state index contributed by atoms with van der Waals surface area (Å²) >= 11 is 1.47. The lowest BCUT2D eigenvalue weighted by atomic mass is 10.2. The molecule has 5 heteroatoms. The second-order valence-corrected chi connectivity index (χ2v) is 4.12. The van der Waals surface area contributed by atoms with E-state index in [1.807, 2.05) is 30.3 Å². The average Bonchev–Trinajstić information content (AvgIpc) is 2.31. The maximum Gasteiger partial charge on any atom is 0.123 e. The standard InChI is InChI=1S/C11H10N4S/c12-11(13)8-3-1-2-4-9(8)16-10-5-6-14-7-15-10/h1-7H,(H3,12,13). The highest BCUT2D eigenvalue weighted by Crippen LogP contribution is 2.28. The van der Waals surface area contributed by atoms with E-state index in [0.29, 0.717) is 0 Å². The predicted octanol–water partition coefficient (Wildman–Crippen LogP) is 1.91. The molecule has 0 unspecified atom stereocenters. The van der Waals surface area contributed by atoms with Crippen molar-refractivity contribution >= 4 is 17.6 Å². The highest BCUT2D eigenvalue weighted by Gasteiger charge is 2.06. The maximum absolute atomic E-state index is 7.47.